The van der Waals surface area contributed by atoms with Crippen LogP contribution in [0.4, 0.5) is 0 Å². The first kappa shape index (κ1) is 22.8. The number of carboxylic acid groups (broad SMARTS) is 1. The summed E-state index contributed by atoms with van der Waals surface area (Å²) in [5, 5.41) is 13.5. The van der Waals surface area contributed by atoms with Gasteiger partial charge in [0.25, 0.3) is 0 Å². The fraction of sp³-hybridized carbons (Fsp3) is 0.350. The first-order valence-electron chi connectivity index (χ1n) is 8.62. The highest BCUT2D eigenvalue weighted by atomic mass is 79.9. The van der Waals surface area contributed by atoms with Crippen LogP contribution in [0.1, 0.15) is 25.0 Å². The van der Waals surface area contributed by atoms with Gasteiger partial charge in [-0.2, -0.15) is 0 Å². The van der Waals surface area contributed by atoms with E-state index in [1.807, 2.05) is 19.9 Å². The van der Waals surface area contributed by atoms with Crippen molar-refractivity contribution in [3.8, 4) is 11.5 Å². The van der Waals surface area contributed by atoms with Gasteiger partial charge < -0.3 is 14.6 Å². The molecule has 2 aromatic rings. The lowest BCUT2D eigenvalue weighted by atomic mass is 10.0. The van der Waals surface area contributed by atoms with Crippen LogP contribution >= 0.6 is 39.1 Å². The zero-order chi connectivity index (χ0) is 20.8. The summed E-state index contributed by atoms with van der Waals surface area (Å²) in [4.78, 5) is 11.5. The summed E-state index contributed by atoms with van der Waals surface area (Å²) in [5.74, 6) is 0.0911. The van der Waals surface area contributed by atoms with E-state index in [0.29, 0.717) is 21.5 Å². The average molecular weight is 491 g/mol. The smallest absolute Gasteiger partial charge is 0.320 e. The number of carboxylic acids is 1. The molecule has 2 rings (SSSR count). The fourth-order valence-corrected chi connectivity index (χ4v) is 3.59. The number of aliphatic carboxylic acids is 1. The zero-order valence-corrected chi connectivity index (χ0v) is 18.9. The van der Waals surface area contributed by atoms with Crippen molar-refractivity contribution in [2.75, 3.05) is 7.11 Å². The molecule has 0 amide bonds. The molecular formula is C20H22BrCl2NO4. The molecule has 8 heteroatoms. The van der Waals surface area contributed by atoms with Crippen molar-refractivity contribution in [2.45, 2.75) is 33.0 Å². The Morgan fingerprint density at radius 2 is 1.96 bits per heavy atom. The molecule has 1 unspecified atom stereocenters. The van der Waals surface area contributed by atoms with Crippen LogP contribution in [-0.2, 0) is 17.9 Å². The fourth-order valence-electron chi connectivity index (χ4n) is 2.67. The number of hydrogen-bond donors (Lipinski definition) is 2. The lowest BCUT2D eigenvalue weighted by Crippen LogP contribution is -2.40. The van der Waals surface area contributed by atoms with Crippen molar-refractivity contribution in [2.24, 2.45) is 5.92 Å². The van der Waals surface area contributed by atoms with Gasteiger partial charge in [0.2, 0.25) is 0 Å². The third-order valence-electron chi connectivity index (χ3n) is 4.21. The minimum Gasteiger partial charge on any atom is -0.493 e. The Kier molecular flexibility index (Phi) is 8.43. The standard InChI is InChI=1S/C20H22BrCl2NO4/c1-11(2)18(20(25)26)24-9-14-15(21)6-7-17(27-3)19(14)28-10-12-4-5-13(22)8-16(12)23/h4-8,11,18,24H,9-10H2,1-3H3,(H,25,26). The van der Waals surface area contributed by atoms with E-state index in [2.05, 4.69) is 21.2 Å². The normalized spacial score (nSPS) is 12.1. The highest BCUT2D eigenvalue weighted by molar-refractivity contribution is 9.10. The van der Waals surface area contributed by atoms with Gasteiger partial charge in [-0.25, -0.2) is 0 Å². The summed E-state index contributed by atoms with van der Waals surface area (Å²) < 4.78 is 12.2. The molecule has 0 aromatic heterocycles. The molecule has 0 fully saturated rings. The van der Waals surface area contributed by atoms with E-state index < -0.39 is 12.0 Å². The molecule has 0 aliphatic carbocycles. The zero-order valence-electron chi connectivity index (χ0n) is 15.8. The molecule has 0 spiro atoms. The van der Waals surface area contributed by atoms with Crippen molar-refractivity contribution in [3.05, 3.63) is 56.0 Å². The third kappa shape index (κ3) is 5.77. The van der Waals surface area contributed by atoms with Crippen molar-refractivity contribution < 1.29 is 19.4 Å². The van der Waals surface area contributed by atoms with Crippen molar-refractivity contribution in [1.82, 2.24) is 5.32 Å². The molecule has 152 valence electrons. The maximum atomic E-state index is 11.5. The molecule has 0 heterocycles. The molecule has 0 bridgehead atoms. The van der Waals surface area contributed by atoms with Crippen molar-refractivity contribution >= 4 is 45.1 Å². The minimum absolute atomic E-state index is 0.0703. The summed E-state index contributed by atoms with van der Waals surface area (Å²) in [6.07, 6.45) is 0. The predicted octanol–water partition coefficient (Wildman–Crippen LogP) is 5.54. The Morgan fingerprint density at radius 3 is 2.54 bits per heavy atom. The maximum Gasteiger partial charge on any atom is 0.320 e. The van der Waals surface area contributed by atoms with Crippen LogP contribution in [0, 0.1) is 5.92 Å². The van der Waals surface area contributed by atoms with Crippen LogP contribution < -0.4 is 14.8 Å². The molecule has 1 atom stereocenters. The molecule has 0 radical (unpaired) electrons. The van der Waals surface area contributed by atoms with Crippen LogP contribution in [0.15, 0.2) is 34.8 Å². The van der Waals surface area contributed by atoms with Crippen LogP contribution in [0.3, 0.4) is 0 Å². The number of hydrogen-bond acceptors (Lipinski definition) is 4. The molecule has 0 aliphatic heterocycles. The van der Waals surface area contributed by atoms with E-state index in [0.717, 1.165) is 15.6 Å². The highest BCUT2D eigenvalue weighted by Crippen LogP contribution is 2.37. The average Bonchev–Trinajstić information content (AvgIpc) is 2.62. The number of methoxy groups -OCH3 is 1. The monoisotopic (exact) mass is 489 g/mol. The van der Waals surface area contributed by atoms with Gasteiger partial charge in [-0.3, -0.25) is 10.1 Å². The molecule has 2 aromatic carbocycles. The second-order valence-corrected chi connectivity index (χ2v) is 8.22. The van der Waals surface area contributed by atoms with Crippen molar-refractivity contribution in [3.63, 3.8) is 0 Å². The molecule has 2 N–H and O–H groups in total. The van der Waals surface area contributed by atoms with Crippen molar-refractivity contribution in [1.29, 1.82) is 0 Å². The van der Waals surface area contributed by atoms with Gasteiger partial charge in [-0.1, -0.05) is 59.0 Å². The van der Waals surface area contributed by atoms with Gasteiger partial charge in [-0.15, -0.1) is 0 Å². The van der Waals surface area contributed by atoms with E-state index in [1.54, 1.807) is 31.4 Å². The third-order valence-corrected chi connectivity index (χ3v) is 5.54. The van der Waals surface area contributed by atoms with Gasteiger partial charge in [0, 0.05) is 32.2 Å². The summed E-state index contributed by atoms with van der Waals surface area (Å²) in [6.45, 7) is 4.21. The number of carbonyl (C=O) groups is 1. The Bertz CT molecular complexity index is 845. The SMILES string of the molecule is COc1ccc(Br)c(CNC(C(=O)O)C(C)C)c1OCc1ccc(Cl)cc1Cl. The highest BCUT2D eigenvalue weighted by Gasteiger charge is 2.23. The van der Waals surface area contributed by atoms with Gasteiger partial charge in [0.1, 0.15) is 12.6 Å². The molecule has 28 heavy (non-hydrogen) atoms. The topological polar surface area (TPSA) is 67.8 Å². The number of nitrogens with one attached hydrogen (secondary N) is 1. The van der Waals surface area contributed by atoms with Gasteiger partial charge in [-0.05, 0) is 30.2 Å². The number of ether oxygens (including phenoxy) is 2. The second-order valence-electron chi connectivity index (χ2n) is 6.52. The Morgan fingerprint density at radius 1 is 1.25 bits per heavy atom. The number of benzene rings is 2. The van der Waals surface area contributed by atoms with Crippen LogP contribution in [-0.4, -0.2) is 24.2 Å². The minimum atomic E-state index is -0.899. The molecule has 0 saturated carbocycles. The second kappa shape index (κ2) is 10.3. The number of rotatable bonds is 9. The Balaban J connectivity index is 2.28. The summed E-state index contributed by atoms with van der Waals surface area (Å²) >= 11 is 15.7. The first-order chi connectivity index (χ1) is 13.2. The van der Waals surface area contributed by atoms with Gasteiger partial charge in [0.15, 0.2) is 11.5 Å². The van der Waals surface area contributed by atoms with E-state index in [4.69, 9.17) is 32.7 Å². The van der Waals surface area contributed by atoms with Crippen LogP contribution in [0.2, 0.25) is 10.0 Å². The van der Waals surface area contributed by atoms with E-state index in [-0.39, 0.29) is 19.1 Å². The Labute approximate surface area is 183 Å². The van der Waals surface area contributed by atoms with Gasteiger partial charge >= 0.3 is 5.97 Å². The van der Waals surface area contributed by atoms with Crippen LogP contribution in [0.5, 0.6) is 11.5 Å². The lowest BCUT2D eigenvalue weighted by Gasteiger charge is -2.21. The van der Waals surface area contributed by atoms with Crippen LogP contribution in [0.25, 0.3) is 0 Å². The quantitative estimate of drug-likeness (QED) is 0.482. The molecular weight excluding hydrogens is 469 g/mol. The van der Waals surface area contributed by atoms with E-state index >= 15 is 0 Å². The maximum absolute atomic E-state index is 11.5. The van der Waals surface area contributed by atoms with E-state index in [1.165, 1.54) is 0 Å². The van der Waals surface area contributed by atoms with E-state index in [9.17, 15) is 9.90 Å². The lowest BCUT2D eigenvalue weighted by molar-refractivity contribution is -0.140. The summed E-state index contributed by atoms with van der Waals surface area (Å²) in [6, 6.07) is 8.13. The predicted molar refractivity (Wildman–Crippen MR) is 115 cm³/mol. The molecule has 0 saturated heterocycles. The first-order valence-corrected chi connectivity index (χ1v) is 10.2. The largest absolute Gasteiger partial charge is 0.493 e. The number of halogens is 3. The molecule has 0 aliphatic rings. The summed E-state index contributed by atoms with van der Waals surface area (Å²) in [7, 11) is 1.55. The molecule has 5 nitrogen and oxygen atoms in total. The van der Waals surface area contributed by atoms with Gasteiger partial charge in [0.05, 0.1) is 7.11 Å². The Hall–Kier alpha value is -1.47. The summed E-state index contributed by atoms with van der Waals surface area (Å²) in [5.41, 5.74) is 1.54.